The summed E-state index contributed by atoms with van der Waals surface area (Å²) in [5, 5.41) is 11.8. The molecule has 3 N–H and O–H groups in total. The second-order valence-electron chi connectivity index (χ2n) is 5.10. The molecule has 2 amide bonds. The first-order chi connectivity index (χ1) is 11.1. The number of ether oxygens (including phenoxy) is 1. The Labute approximate surface area is 131 Å². The second kappa shape index (κ2) is 6.47. The number of carbonyl (C=O) groups is 2. The highest BCUT2D eigenvalue weighted by atomic mass is 19.1. The molecule has 7 nitrogen and oxygen atoms in total. The fourth-order valence-corrected chi connectivity index (χ4v) is 2.23. The Bertz CT molecular complexity index is 731. The summed E-state index contributed by atoms with van der Waals surface area (Å²) < 4.78 is 18.8. The minimum absolute atomic E-state index is 0.0468. The summed E-state index contributed by atoms with van der Waals surface area (Å²) in [5.74, 6) is -0.981. The van der Waals surface area contributed by atoms with Crippen LogP contribution < -0.4 is 15.4 Å². The van der Waals surface area contributed by atoms with Crippen LogP contribution in [0.4, 0.5) is 4.39 Å². The van der Waals surface area contributed by atoms with Gasteiger partial charge in [0.2, 0.25) is 5.91 Å². The molecule has 0 bridgehead atoms. The molecule has 2 aromatic rings. The zero-order valence-electron chi connectivity index (χ0n) is 12.1. The van der Waals surface area contributed by atoms with Crippen LogP contribution in [0.2, 0.25) is 0 Å². The number of rotatable bonds is 5. The molecule has 1 aromatic heterocycles. The van der Waals surface area contributed by atoms with Crippen molar-refractivity contribution in [3.05, 3.63) is 47.5 Å². The number of carbonyl (C=O) groups excluding carboxylic acids is 2. The topological polar surface area (TPSA) is 96.1 Å². The van der Waals surface area contributed by atoms with E-state index >= 15 is 0 Å². The maximum atomic E-state index is 13.4. The molecule has 1 aliphatic rings. The highest BCUT2D eigenvalue weighted by Crippen LogP contribution is 2.16. The lowest BCUT2D eigenvalue weighted by atomic mass is 10.2. The Morgan fingerprint density at radius 2 is 2.26 bits per heavy atom. The van der Waals surface area contributed by atoms with Gasteiger partial charge in [-0.15, -0.1) is 0 Å². The molecule has 1 atom stereocenters. The van der Waals surface area contributed by atoms with Crippen LogP contribution in [0.15, 0.2) is 30.3 Å². The fourth-order valence-electron chi connectivity index (χ4n) is 2.23. The average Bonchev–Trinajstić information content (AvgIpc) is 3.16. The predicted octanol–water partition coefficient (Wildman–Crippen LogP) is 0.746. The normalized spacial score (nSPS) is 16.9. The Hall–Kier alpha value is -2.90. The van der Waals surface area contributed by atoms with Gasteiger partial charge in [-0.1, -0.05) is 12.1 Å². The van der Waals surface area contributed by atoms with E-state index in [1.807, 2.05) is 0 Å². The summed E-state index contributed by atoms with van der Waals surface area (Å²) >= 11 is 0. The summed E-state index contributed by atoms with van der Waals surface area (Å²) in [7, 11) is 0. The molecule has 2 heterocycles. The number of halogens is 1. The van der Waals surface area contributed by atoms with E-state index in [2.05, 4.69) is 20.8 Å². The summed E-state index contributed by atoms with van der Waals surface area (Å²) in [5.41, 5.74) is 0.672. The van der Waals surface area contributed by atoms with Crippen molar-refractivity contribution < 1.29 is 18.7 Å². The molecule has 0 radical (unpaired) electrons. The summed E-state index contributed by atoms with van der Waals surface area (Å²) in [6.07, 6.45) is 0.554. The number of aromatic amines is 1. The summed E-state index contributed by atoms with van der Waals surface area (Å²) in [6.45, 7) is 0.594. The molecule has 120 valence electrons. The van der Waals surface area contributed by atoms with Gasteiger partial charge >= 0.3 is 0 Å². The molecule has 8 heteroatoms. The Balaban J connectivity index is 1.58. The fraction of sp³-hybridized carbons (Fsp3) is 0.267. The molecule has 0 spiro atoms. The lowest BCUT2D eigenvalue weighted by molar-refractivity contribution is -0.120. The van der Waals surface area contributed by atoms with Crippen LogP contribution in [0, 0.1) is 5.82 Å². The van der Waals surface area contributed by atoms with Crippen molar-refractivity contribution in [2.45, 2.75) is 19.1 Å². The van der Waals surface area contributed by atoms with E-state index in [1.54, 1.807) is 12.1 Å². The van der Waals surface area contributed by atoms with Crippen LogP contribution in [0.25, 0.3) is 0 Å². The number of H-pyrrole nitrogens is 1. The number of benzene rings is 1. The summed E-state index contributed by atoms with van der Waals surface area (Å²) in [4.78, 5) is 23.4. The van der Waals surface area contributed by atoms with Gasteiger partial charge in [0.05, 0.1) is 5.69 Å². The minimum atomic E-state index is -0.530. The van der Waals surface area contributed by atoms with Crippen molar-refractivity contribution >= 4 is 11.8 Å². The third-order valence-corrected chi connectivity index (χ3v) is 3.44. The van der Waals surface area contributed by atoms with Crippen molar-refractivity contribution in [1.82, 2.24) is 20.8 Å². The average molecular weight is 318 g/mol. The van der Waals surface area contributed by atoms with Gasteiger partial charge in [-0.2, -0.15) is 5.10 Å². The number of hydrogen-bond acceptors (Lipinski definition) is 4. The molecule has 1 fully saturated rings. The first-order valence-electron chi connectivity index (χ1n) is 7.13. The molecule has 1 saturated heterocycles. The van der Waals surface area contributed by atoms with Crippen molar-refractivity contribution in [3.63, 3.8) is 0 Å². The van der Waals surface area contributed by atoms with Gasteiger partial charge in [-0.05, 0) is 24.6 Å². The van der Waals surface area contributed by atoms with E-state index in [0.29, 0.717) is 18.7 Å². The van der Waals surface area contributed by atoms with Gasteiger partial charge in [0.25, 0.3) is 5.91 Å². The zero-order valence-corrected chi connectivity index (χ0v) is 12.1. The lowest BCUT2D eigenvalue weighted by Crippen LogP contribution is -2.40. The van der Waals surface area contributed by atoms with Crippen LogP contribution in [0.3, 0.4) is 0 Å². The van der Waals surface area contributed by atoms with Crippen molar-refractivity contribution in [2.24, 2.45) is 0 Å². The van der Waals surface area contributed by atoms with E-state index in [-0.39, 0.29) is 24.0 Å². The third-order valence-electron chi connectivity index (χ3n) is 3.44. The highest BCUT2D eigenvalue weighted by molar-refractivity contribution is 5.96. The van der Waals surface area contributed by atoms with Gasteiger partial charge < -0.3 is 15.4 Å². The van der Waals surface area contributed by atoms with E-state index in [0.717, 1.165) is 0 Å². The van der Waals surface area contributed by atoms with Gasteiger partial charge in [-0.3, -0.25) is 14.7 Å². The van der Waals surface area contributed by atoms with E-state index in [4.69, 9.17) is 4.74 Å². The van der Waals surface area contributed by atoms with E-state index in [9.17, 15) is 14.0 Å². The monoisotopic (exact) mass is 318 g/mol. The molecular weight excluding hydrogens is 303 g/mol. The maximum Gasteiger partial charge on any atom is 0.272 e. The van der Waals surface area contributed by atoms with Crippen LogP contribution >= 0.6 is 0 Å². The quantitative estimate of drug-likeness (QED) is 0.758. The van der Waals surface area contributed by atoms with Crippen LogP contribution in [0.5, 0.6) is 5.75 Å². The predicted molar refractivity (Wildman–Crippen MR) is 78.2 cm³/mol. The van der Waals surface area contributed by atoms with E-state index < -0.39 is 17.8 Å². The molecule has 0 saturated carbocycles. The molecular formula is C15H15FN4O3. The van der Waals surface area contributed by atoms with E-state index in [1.165, 1.54) is 18.2 Å². The molecule has 0 unspecified atom stereocenters. The highest BCUT2D eigenvalue weighted by Gasteiger charge is 2.26. The molecule has 0 aliphatic carbocycles. The lowest BCUT2D eigenvalue weighted by Gasteiger charge is -2.07. The first-order valence-corrected chi connectivity index (χ1v) is 7.13. The number of nitrogens with one attached hydrogen (secondary N) is 3. The Morgan fingerprint density at radius 1 is 1.43 bits per heavy atom. The van der Waals surface area contributed by atoms with Gasteiger partial charge in [0.15, 0.2) is 11.6 Å². The Kier molecular flexibility index (Phi) is 4.22. The number of amides is 2. The number of para-hydroxylation sites is 1. The largest absolute Gasteiger partial charge is 0.484 e. The zero-order chi connectivity index (χ0) is 16.2. The van der Waals surface area contributed by atoms with Crippen molar-refractivity contribution in [2.75, 3.05) is 6.54 Å². The maximum absolute atomic E-state index is 13.4. The molecule has 1 aliphatic heterocycles. The van der Waals surface area contributed by atoms with Gasteiger partial charge in [-0.25, -0.2) is 4.39 Å². The van der Waals surface area contributed by atoms with Crippen molar-refractivity contribution in [3.8, 4) is 5.75 Å². The smallest absolute Gasteiger partial charge is 0.272 e. The minimum Gasteiger partial charge on any atom is -0.484 e. The Morgan fingerprint density at radius 3 is 3.00 bits per heavy atom. The third kappa shape index (κ3) is 3.47. The summed E-state index contributed by atoms with van der Waals surface area (Å²) in [6, 6.07) is 7.02. The van der Waals surface area contributed by atoms with Crippen LogP contribution in [-0.4, -0.2) is 34.6 Å². The van der Waals surface area contributed by atoms with Gasteiger partial charge in [0.1, 0.15) is 18.3 Å². The molecule has 1 aromatic carbocycles. The second-order valence-corrected chi connectivity index (χ2v) is 5.10. The SMILES string of the molecule is O=C(N[C@H]1CCNC1=O)c1cc(COc2ccccc2F)[nH]n1. The number of nitrogens with zero attached hydrogens (tertiary/aromatic N) is 1. The van der Waals surface area contributed by atoms with Gasteiger partial charge in [0, 0.05) is 6.54 Å². The van der Waals surface area contributed by atoms with Crippen LogP contribution in [0.1, 0.15) is 22.6 Å². The number of aromatic nitrogens is 2. The standard InChI is InChI=1S/C15H15FN4O3/c16-10-3-1-2-4-13(10)23-8-9-7-12(20-19-9)15(22)18-11-5-6-17-14(11)21/h1-4,7,11H,5-6,8H2,(H,17,21)(H,18,22)(H,19,20)/t11-/m0/s1. The first kappa shape index (κ1) is 15.0. The van der Waals surface area contributed by atoms with Crippen molar-refractivity contribution in [1.29, 1.82) is 0 Å². The molecule has 23 heavy (non-hydrogen) atoms. The molecule has 3 rings (SSSR count). The number of hydrogen-bond donors (Lipinski definition) is 3. The van der Waals surface area contributed by atoms with Crippen LogP contribution in [-0.2, 0) is 11.4 Å².